The van der Waals surface area contributed by atoms with E-state index < -0.39 is 15.8 Å². The van der Waals surface area contributed by atoms with Crippen molar-refractivity contribution in [3.8, 4) is 11.1 Å². The molecule has 1 fully saturated rings. The monoisotopic (exact) mass is 553 g/mol. The smallest absolute Gasteiger partial charge is 0.309 e. The van der Waals surface area contributed by atoms with Gasteiger partial charge in [-0.1, -0.05) is 76.4 Å². The summed E-state index contributed by atoms with van der Waals surface area (Å²) in [5.41, 5.74) is 4.72. The van der Waals surface area contributed by atoms with Crippen molar-refractivity contribution in [3.05, 3.63) is 59.7 Å². The predicted octanol–water partition coefficient (Wildman–Crippen LogP) is 5.70. The van der Waals surface area contributed by atoms with Crippen LogP contribution < -0.4 is 5.32 Å². The minimum Gasteiger partial charge on any atom is -0.481 e. The molecule has 0 saturated heterocycles. The normalized spacial score (nSPS) is 16.9. The highest BCUT2D eigenvalue weighted by Crippen LogP contribution is 2.36. The van der Waals surface area contributed by atoms with E-state index in [0.29, 0.717) is 17.7 Å². The highest BCUT2D eigenvalue weighted by molar-refractivity contribution is 7.90. The van der Waals surface area contributed by atoms with Gasteiger partial charge in [-0.3, -0.25) is 9.59 Å². The van der Waals surface area contributed by atoms with Crippen LogP contribution in [0.15, 0.2) is 64.1 Å². The Bertz CT molecular complexity index is 1320. The van der Waals surface area contributed by atoms with Crippen molar-refractivity contribution in [3.63, 3.8) is 0 Å². The van der Waals surface area contributed by atoms with Crippen LogP contribution in [-0.2, 0) is 19.4 Å². The number of carbonyl (C=O) groups excluding carboxylic acids is 1. The van der Waals surface area contributed by atoms with Gasteiger partial charge in [0.15, 0.2) is 9.84 Å². The zero-order chi connectivity index (χ0) is 28.6. The molecule has 39 heavy (non-hydrogen) atoms. The third-order valence-electron chi connectivity index (χ3n) is 6.97. The minimum atomic E-state index is -3.25. The van der Waals surface area contributed by atoms with Gasteiger partial charge in [-0.25, -0.2) is 13.4 Å². The number of hydrogen-bond donors (Lipinski definition) is 2. The number of hydrazone groups is 1. The van der Waals surface area contributed by atoms with Crippen LogP contribution in [-0.4, -0.2) is 49.0 Å². The van der Waals surface area contributed by atoms with Gasteiger partial charge in [0.05, 0.1) is 17.0 Å². The minimum absolute atomic E-state index is 0.120. The number of carbonyl (C=O) groups is 2. The van der Waals surface area contributed by atoms with E-state index in [9.17, 15) is 23.1 Å². The Morgan fingerprint density at radius 2 is 1.51 bits per heavy atom. The molecule has 8 nitrogen and oxygen atoms in total. The first kappa shape index (κ1) is 30.1. The topological polar surface area (TPSA) is 116 Å². The summed E-state index contributed by atoms with van der Waals surface area (Å²) in [6.45, 7) is 6.01. The van der Waals surface area contributed by atoms with Gasteiger partial charge in [-0.05, 0) is 54.0 Å². The second-order valence-electron chi connectivity index (χ2n) is 9.63. The highest BCUT2D eigenvalue weighted by atomic mass is 32.2. The summed E-state index contributed by atoms with van der Waals surface area (Å²) in [5, 5.41) is 18.3. The Morgan fingerprint density at radius 1 is 0.974 bits per heavy atom. The van der Waals surface area contributed by atoms with E-state index in [4.69, 9.17) is 0 Å². The average molecular weight is 554 g/mol. The summed E-state index contributed by atoms with van der Waals surface area (Å²) in [6, 6.07) is 14.7. The van der Waals surface area contributed by atoms with Crippen molar-refractivity contribution in [2.75, 3.05) is 12.9 Å². The zero-order valence-corrected chi connectivity index (χ0v) is 24.1. The summed E-state index contributed by atoms with van der Waals surface area (Å²) in [6.07, 6.45) is 6.62. The van der Waals surface area contributed by atoms with Gasteiger partial charge < -0.3 is 10.4 Å². The number of amides is 1. The summed E-state index contributed by atoms with van der Waals surface area (Å²) in [7, 11) is -3.25. The van der Waals surface area contributed by atoms with E-state index in [1.165, 1.54) is 11.3 Å². The lowest BCUT2D eigenvalue weighted by atomic mass is 9.81. The molecule has 1 amide bonds. The van der Waals surface area contributed by atoms with E-state index in [1.807, 2.05) is 45.0 Å². The molecule has 9 heteroatoms. The standard InChI is InChI=1S/C28H33N3O5S.C2H6/c1-3-23(17-25(32)33)30-31-18-29-27(26(28(31)34)21-7-5-4-6-8-21)22-11-9-19(10-12-22)20-13-15-24(16-14-20)37(2,35)36;1-2/h9-16,21,29H,3-8,17-18H2,1-2H3,(H,32,33);1-2H3/b30-23+;. The molecule has 210 valence electrons. The molecule has 0 aromatic heterocycles. The predicted molar refractivity (Wildman–Crippen MR) is 155 cm³/mol. The first-order valence-corrected chi connectivity index (χ1v) is 15.6. The Hall–Kier alpha value is -3.46. The molecule has 0 spiro atoms. The van der Waals surface area contributed by atoms with Crippen LogP contribution in [0.5, 0.6) is 0 Å². The van der Waals surface area contributed by atoms with Crippen molar-refractivity contribution in [1.29, 1.82) is 0 Å². The van der Waals surface area contributed by atoms with Crippen LogP contribution >= 0.6 is 0 Å². The molecule has 1 heterocycles. The second-order valence-corrected chi connectivity index (χ2v) is 11.6. The molecule has 2 aliphatic rings. The van der Waals surface area contributed by atoms with Crippen LogP contribution in [0.2, 0.25) is 0 Å². The van der Waals surface area contributed by atoms with Crippen molar-refractivity contribution in [2.45, 2.75) is 70.6 Å². The SMILES string of the molecule is CC.CC/C(CC(=O)O)=N\N1CNC(c2ccc(-c3ccc(S(C)(=O)=O)cc3)cc2)=C(C2CCCCC2)C1=O. The number of nitrogens with zero attached hydrogens (tertiary/aromatic N) is 2. The Labute approximate surface area is 231 Å². The highest BCUT2D eigenvalue weighted by Gasteiger charge is 2.34. The van der Waals surface area contributed by atoms with E-state index in [2.05, 4.69) is 10.4 Å². The molecule has 2 aromatic rings. The molecule has 0 unspecified atom stereocenters. The number of benzene rings is 2. The molecule has 0 atom stereocenters. The third-order valence-corrected chi connectivity index (χ3v) is 8.10. The lowest BCUT2D eigenvalue weighted by Gasteiger charge is -2.34. The average Bonchev–Trinajstić information content (AvgIpc) is 2.94. The van der Waals surface area contributed by atoms with E-state index in [1.54, 1.807) is 24.3 Å². The molecule has 2 aromatic carbocycles. The number of sulfone groups is 1. The van der Waals surface area contributed by atoms with Crippen molar-refractivity contribution in [2.24, 2.45) is 11.0 Å². The maximum absolute atomic E-state index is 13.7. The number of carboxylic acid groups (broad SMARTS) is 1. The first-order chi connectivity index (χ1) is 18.7. The van der Waals surface area contributed by atoms with Crippen LogP contribution in [0, 0.1) is 5.92 Å². The van der Waals surface area contributed by atoms with Gasteiger partial charge in [0, 0.05) is 17.5 Å². The number of nitrogens with one attached hydrogen (secondary N) is 1. The molecular weight excluding hydrogens is 514 g/mol. The summed E-state index contributed by atoms with van der Waals surface area (Å²) in [5.74, 6) is -1.01. The van der Waals surface area contributed by atoms with Crippen molar-refractivity contribution in [1.82, 2.24) is 10.3 Å². The van der Waals surface area contributed by atoms with E-state index >= 15 is 0 Å². The molecule has 1 aliphatic carbocycles. The molecule has 1 aliphatic heterocycles. The van der Waals surface area contributed by atoms with Gasteiger partial charge in [0.1, 0.15) is 6.67 Å². The third kappa shape index (κ3) is 7.56. The molecule has 4 rings (SSSR count). The maximum Gasteiger partial charge on any atom is 0.309 e. The van der Waals surface area contributed by atoms with Gasteiger partial charge in [0.25, 0.3) is 5.91 Å². The quantitative estimate of drug-likeness (QED) is 0.405. The van der Waals surface area contributed by atoms with Gasteiger partial charge in [-0.15, -0.1) is 0 Å². The van der Waals surface area contributed by atoms with Crippen LogP contribution in [0.3, 0.4) is 0 Å². The Balaban J connectivity index is 0.00000205. The largest absolute Gasteiger partial charge is 0.481 e. The zero-order valence-electron chi connectivity index (χ0n) is 23.2. The van der Waals surface area contributed by atoms with Gasteiger partial charge >= 0.3 is 5.97 Å². The first-order valence-electron chi connectivity index (χ1n) is 13.7. The molecule has 0 bridgehead atoms. The fraction of sp³-hybridized carbons (Fsp3) is 0.433. The molecular formula is C30H39N3O5S. The maximum atomic E-state index is 13.7. The van der Waals surface area contributed by atoms with Gasteiger partial charge in [0.2, 0.25) is 0 Å². The van der Waals surface area contributed by atoms with E-state index in [0.717, 1.165) is 54.5 Å². The Kier molecular flexibility index (Phi) is 10.5. The lowest BCUT2D eigenvalue weighted by Crippen LogP contribution is -2.44. The van der Waals surface area contributed by atoms with Crippen molar-refractivity contribution >= 4 is 33.1 Å². The molecule has 1 saturated carbocycles. The molecule has 2 N–H and O–H groups in total. The van der Waals surface area contributed by atoms with Crippen LogP contribution in [0.25, 0.3) is 16.8 Å². The lowest BCUT2D eigenvalue weighted by molar-refractivity contribution is -0.135. The fourth-order valence-corrected chi connectivity index (χ4v) is 5.61. The summed E-state index contributed by atoms with van der Waals surface area (Å²) >= 11 is 0. The number of rotatable bonds is 8. The number of aliphatic carboxylic acids is 1. The number of carboxylic acids is 1. The van der Waals surface area contributed by atoms with Gasteiger partial charge in [-0.2, -0.15) is 5.10 Å². The summed E-state index contributed by atoms with van der Waals surface area (Å²) < 4.78 is 23.5. The number of hydrogen-bond acceptors (Lipinski definition) is 6. The second kappa shape index (κ2) is 13.6. The molecule has 0 radical (unpaired) electrons. The Morgan fingerprint density at radius 3 is 2.03 bits per heavy atom. The van der Waals surface area contributed by atoms with Crippen molar-refractivity contribution < 1.29 is 23.1 Å². The summed E-state index contributed by atoms with van der Waals surface area (Å²) in [4.78, 5) is 25.1. The van der Waals surface area contributed by atoms with Crippen LogP contribution in [0.4, 0.5) is 0 Å². The van der Waals surface area contributed by atoms with Crippen LogP contribution in [0.1, 0.15) is 71.3 Å². The van der Waals surface area contributed by atoms with E-state index in [-0.39, 0.29) is 29.8 Å². The fourth-order valence-electron chi connectivity index (χ4n) is 4.98.